The number of carbonyl (C=O) groups is 1. The summed E-state index contributed by atoms with van der Waals surface area (Å²) in [5.74, 6) is 2.36. The van der Waals surface area contributed by atoms with Crippen molar-refractivity contribution in [3.63, 3.8) is 0 Å². The fraction of sp³-hybridized carbons (Fsp3) is 0.722. The minimum atomic E-state index is -0.145. The number of rotatable bonds is 7. The molecule has 2 aromatic heterocycles. The molecule has 1 N–H and O–H groups in total. The van der Waals surface area contributed by atoms with Gasteiger partial charge in [-0.3, -0.25) is 4.79 Å². The van der Waals surface area contributed by atoms with Crippen LogP contribution in [0.15, 0.2) is 12.7 Å². The smallest absolute Gasteiger partial charge is 0.217 e. The third-order valence-corrected chi connectivity index (χ3v) is 4.97. The molecule has 1 atom stereocenters. The van der Waals surface area contributed by atoms with Crippen LogP contribution in [0, 0.1) is 11.8 Å². The molecule has 142 valence electrons. The molecule has 2 heterocycles. The lowest BCUT2D eigenvalue weighted by atomic mass is 9.89. The Hall–Kier alpha value is -2.25. The van der Waals surface area contributed by atoms with Gasteiger partial charge in [0.2, 0.25) is 5.91 Å². The van der Waals surface area contributed by atoms with Crippen LogP contribution in [-0.2, 0) is 17.9 Å². The minimum Gasteiger partial charge on any atom is -0.346 e. The highest BCUT2D eigenvalue weighted by atomic mass is 16.1. The lowest BCUT2D eigenvalue weighted by Gasteiger charge is -2.25. The van der Waals surface area contributed by atoms with Gasteiger partial charge in [0.1, 0.15) is 25.0 Å². The lowest BCUT2D eigenvalue weighted by molar-refractivity contribution is -0.120. The van der Waals surface area contributed by atoms with E-state index in [1.165, 1.54) is 38.4 Å². The highest BCUT2D eigenvalue weighted by molar-refractivity contribution is 5.73. The van der Waals surface area contributed by atoms with Crippen LogP contribution >= 0.6 is 0 Å². The number of hydrogen-bond donors (Lipinski definition) is 1. The second-order valence-corrected chi connectivity index (χ2v) is 7.59. The van der Waals surface area contributed by atoms with E-state index in [1.54, 1.807) is 17.9 Å². The second kappa shape index (κ2) is 8.42. The molecule has 26 heavy (non-hydrogen) atoms. The third kappa shape index (κ3) is 4.68. The number of aromatic nitrogens is 6. The van der Waals surface area contributed by atoms with E-state index >= 15 is 0 Å². The average molecular weight is 359 g/mol. The largest absolute Gasteiger partial charge is 0.346 e. The molecular weight excluding hydrogens is 330 g/mol. The Morgan fingerprint density at radius 3 is 2.69 bits per heavy atom. The number of hydrogen-bond acceptors (Lipinski definition) is 5. The fourth-order valence-corrected chi connectivity index (χ4v) is 3.66. The molecular formula is C18H29N7O. The molecule has 1 saturated carbocycles. The molecule has 2 aromatic rings. The molecule has 1 aliphatic carbocycles. The monoisotopic (exact) mass is 359 g/mol. The topological polar surface area (TPSA) is 90.5 Å². The minimum absolute atomic E-state index is 0.0475. The predicted octanol–water partition coefficient (Wildman–Crippen LogP) is 2.33. The Morgan fingerprint density at radius 2 is 2.08 bits per heavy atom. The summed E-state index contributed by atoms with van der Waals surface area (Å²) in [6.45, 7) is 7.08. The van der Waals surface area contributed by atoms with Crippen molar-refractivity contribution >= 4 is 5.91 Å². The molecule has 0 spiro atoms. The summed E-state index contributed by atoms with van der Waals surface area (Å²) in [5.41, 5.74) is 0. The molecule has 0 radical (unpaired) electrons. The van der Waals surface area contributed by atoms with Gasteiger partial charge in [-0.25, -0.2) is 19.3 Å². The summed E-state index contributed by atoms with van der Waals surface area (Å²) in [6.07, 6.45) is 9.57. The summed E-state index contributed by atoms with van der Waals surface area (Å²) in [7, 11) is 0. The maximum absolute atomic E-state index is 11.7. The summed E-state index contributed by atoms with van der Waals surface area (Å²) < 4.78 is 3.73. The van der Waals surface area contributed by atoms with Gasteiger partial charge in [0, 0.05) is 13.5 Å². The van der Waals surface area contributed by atoms with Gasteiger partial charge >= 0.3 is 0 Å². The van der Waals surface area contributed by atoms with Crippen molar-refractivity contribution in [1.29, 1.82) is 0 Å². The summed E-state index contributed by atoms with van der Waals surface area (Å²) in [5, 5.41) is 11.9. The zero-order valence-corrected chi connectivity index (χ0v) is 15.9. The van der Waals surface area contributed by atoms with Gasteiger partial charge in [-0.15, -0.1) is 0 Å². The molecule has 0 aromatic carbocycles. The molecule has 1 aliphatic rings. The van der Waals surface area contributed by atoms with E-state index in [1.807, 2.05) is 4.68 Å². The van der Waals surface area contributed by atoms with Crippen LogP contribution in [0.1, 0.15) is 70.6 Å². The quantitative estimate of drug-likeness (QED) is 0.819. The van der Waals surface area contributed by atoms with Crippen molar-refractivity contribution in [2.75, 3.05) is 0 Å². The number of nitrogens with zero attached hydrogens (tertiary/aromatic N) is 6. The SMILES string of the molecule is CC(=O)NC(c1nc(Cn2cncn2)nn1CC1CCCCC1)C(C)C. The van der Waals surface area contributed by atoms with Crippen molar-refractivity contribution in [3.05, 3.63) is 24.3 Å². The maximum atomic E-state index is 11.7. The predicted molar refractivity (Wildman–Crippen MR) is 97.1 cm³/mol. The van der Waals surface area contributed by atoms with Crippen LogP contribution in [0.3, 0.4) is 0 Å². The van der Waals surface area contributed by atoms with Crippen molar-refractivity contribution in [1.82, 2.24) is 34.8 Å². The third-order valence-electron chi connectivity index (χ3n) is 4.97. The first-order valence-electron chi connectivity index (χ1n) is 9.56. The molecule has 1 fully saturated rings. The van der Waals surface area contributed by atoms with Crippen LogP contribution < -0.4 is 5.32 Å². The van der Waals surface area contributed by atoms with Crippen LogP contribution in [0.25, 0.3) is 0 Å². The summed E-state index contributed by atoms with van der Waals surface area (Å²) in [4.78, 5) is 20.5. The molecule has 1 unspecified atom stereocenters. The second-order valence-electron chi connectivity index (χ2n) is 7.59. The maximum Gasteiger partial charge on any atom is 0.217 e. The first-order chi connectivity index (χ1) is 12.5. The first-order valence-corrected chi connectivity index (χ1v) is 9.56. The van der Waals surface area contributed by atoms with Crippen LogP contribution in [0.5, 0.6) is 0 Å². The Morgan fingerprint density at radius 1 is 1.31 bits per heavy atom. The molecule has 1 amide bonds. The number of amides is 1. The lowest BCUT2D eigenvalue weighted by Crippen LogP contribution is -2.33. The van der Waals surface area contributed by atoms with E-state index < -0.39 is 0 Å². The standard InChI is InChI=1S/C18H29N7O/c1-13(2)17(21-14(3)26)18-22-16(10-24-12-19-11-20-24)23-25(18)9-15-7-5-4-6-8-15/h11-13,15,17H,4-10H2,1-3H3,(H,21,26). The van der Waals surface area contributed by atoms with Gasteiger partial charge < -0.3 is 5.32 Å². The van der Waals surface area contributed by atoms with Gasteiger partial charge in [0.25, 0.3) is 0 Å². The molecule has 3 rings (SSSR count). The van der Waals surface area contributed by atoms with E-state index in [9.17, 15) is 4.79 Å². The Labute approximate surface area is 154 Å². The van der Waals surface area contributed by atoms with Crippen molar-refractivity contribution in [2.24, 2.45) is 11.8 Å². The van der Waals surface area contributed by atoms with Gasteiger partial charge in [0.05, 0.1) is 6.04 Å². The zero-order chi connectivity index (χ0) is 18.5. The van der Waals surface area contributed by atoms with Crippen molar-refractivity contribution in [3.8, 4) is 0 Å². The van der Waals surface area contributed by atoms with Gasteiger partial charge in [-0.05, 0) is 24.7 Å². The average Bonchev–Trinajstić information content (AvgIpc) is 3.24. The van der Waals surface area contributed by atoms with E-state index in [0.717, 1.165) is 12.4 Å². The van der Waals surface area contributed by atoms with Gasteiger partial charge in [-0.1, -0.05) is 33.1 Å². The molecule has 8 heteroatoms. The highest BCUT2D eigenvalue weighted by Gasteiger charge is 2.26. The Kier molecular flexibility index (Phi) is 6.00. The molecule has 0 aliphatic heterocycles. The van der Waals surface area contributed by atoms with Gasteiger partial charge in [-0.2, -0.15) is 10.2 Å². The normalized spacial score (nSPS) is 16.8. The highest BCUT2D eigenvalue weighted by Crippen LogP contribution is 2.27. The number of carbonyl (C=O) groups excluding carboxylic acids is 1. The van der Waals surface area contributed by atoms with Gasteiger partial charge in [0.15, 0.2) is 5.82 Å². The molecule has 8 nitrogen and oxygen atoms in total. The van der Waals surface area contributed by atoms with Crippen LogP contribution in [0.2, 0.25) is 0 Å². The number of nitrogens with one attached hydrogen (secondary N) is 1. The first kappa shape index (κ1) is 18.5. The Balaban J connectivity index is 1.87. The van der Waals surface area contributed by atoms with Crippen molar-refractivity contribution in [2.45, 2.75) is 72.0 Å². The van der Waals surface area contributed by atoms with E-state index in [0.29, 0.717) is 18.3 Å². The van der Waals surface area contributed by atoms with Crippen LogP contribution in [-0.4, -0.2) is 35.4 Å². The molecule has 0 saturated heterocycles. The fourth-order valence-electron chi connectivity index (χ4n) is 3.66. The zero-order valence-electron chi connectivity index (χ0n) is 15.9. The Bertz CT molecular complexity index is 701. The van der Waals surface area contributed by atoms with Crippen molar-refractivity contribution < 1.29 is 4.79 Å². The summed E-state index contributed by atoms with van der Waals surface area (Å²) in [6, 6.07) is -0.145. The van der Waals surface area contributed by atoms with E-state index in [-0.39, 0.29) is 17.9 Å². The molecule has 0 bridgehead atoms. The van der Waals surface area contributed by atoms with Crippen LogP contribution in [0.4, 0.5) is 0 Å². The van der Waals surface area contributed by atoms with E-state index in [4.69, 9.17) is 10.1 Å². The summed E-state index contributed by atoms with van der Waals surface area (Å²) >= 11 is 0. The van der Waals surface area contributed by atoms with E-state index in [2.05, 4.69) is 29.2 Å².